The number of hydrogen-bond donors (Lipinski definition) is 0. The maximum atomic E-state index is 12.9. The maximum absolute atomic E-state index is 12.9. The molecule has 1 aromatic rings. The molecule has 0 aromatic heterocycles. The van der Waals surface area contributed by atoms with Crippen molar-refractivity contribution in [2.75, 3.05) is 6.61 Å². The first-order valence-corrected chi connectivity index (χ1v) is 13.1. The summed E-state index contributed by atoms with van der Waals surface area (Å²) in [5, 5.41) is 0.0234. The molecule has 0 bridgehead atoms. The minimum Gasteiger partial charge on any atom is -0.416 e. The standard InChI is InChI=1S/C18H25F3O4SSi/c1-17(2,3)27(4,5)25-11-10-12-6-9-15(26(23,24)18(19,20)21)16-13(12)7-8-14(16)22/h6,9H,7-8,10-11H2,1-5H3. The van der Waals surface area contributed by atoms with Crippen LogP contribution in [0, 0.1) is 0 Å². The third-order valence-electron chi connectivity index (χ3n) is 5.49. The molecule has 0 aliphatic heterocycles. The van der Waals surface area contributed by atoms with Crippen LogP contribution in [0.5, 0.6) is 0 Å². The van der Waals surface area contributed by atoms with Gasteiger partial charge in [0.15, 0.2) is 14.1 Å². The molecule has 0 unspecified atom stereocenters. The van der Waals surface area contributed by atoms with Gasteiger partial charge in [-0.3, -0.25) is 4.79 Å². The number of carbonyl (C=O) groups excluding carboxylic acids is 1. The van der Waals surface area contributed by atoms with E-state index in [1.165, 1.54) is 6.07 Å². The number of carbonyl (C=O) groups is 1. The van der Waals surface area contributed by atoms with E-state index in [9.17, 15) is 26.4 Å². The van der Waals surface area contributed by atoms with E-state index in [1.807, 2.05) is 0 Å². The summed E-state index contributed by atoms with van der Waals surface area (Å²) in [5.41, 5.74) is -4.65. The van der Waals surface area contributed by atoms with Gasteiger partial charge in [-0.2, -0.15) is 13.2 Å². The summed E-state index contributed by atoms with van der Waals surface area (Å²) in [6.07, 6.45) is 0.703. The minimum absolute atomic E-state index is 0.0234. The van der Waals surface area contributed by atoms with Crippen molar-refractivity contribution >= 4 is 23.9 Å². The minimum atomic E-state index is -5.56. The van der Waals surface area contributed by atoms with Crippen LogP contribution in [0.15, 0.2) is 17.0 Å². The van der Waals surface area contributed by atoms with E-state index < -0.39 is 34.3 Å². The lowest BCUT2D eigenvalue weighted by molar-refractivity contribution is -0.0436. The molecule has 1 aliphatic rings. The Morgan fingerprint density at radius 2 is 1.70 bits per heavy atom. The maximum Gasteiger partial charge on any atom is 0.501 e. The number of Topliss-reactive ketones (excluding diaryl/α,β-unsaturated/α-hetero) is 1. The fourth-order valence-electron chi connectivity index (χ4n) is 2.84. The Morgan fingerprint density at radius 3 is 2.22 bits per heavy atom. The molecule has 1 aromatic carbocycles. The van der Waals surface area contributed by atoms with Crippen molar-refractivity contribution in [1.29, 1.82) is 0 Å². The third kappa shape index (κ3) is 4.14. The lowest BCUT2D eigenvalue weighted by atomic mass is 10.0. The molecule has 9 heteroatoms. The molecule has 0 N–H and O–H groups in total. The number of halogens is 3. The van der Waals surface area contributed by atoms with Crippen molar-refractivity contribution in [3.63, 3.8) is 0 Å². The van der Waals surface area contributed by atoms with Crippen molar-refractivity contribution in [3.8, 4) is 0 Å². The lowest BCUT2D eigenvalue weighted by Crippen LogP contribution is -2.41. The highest BCUT2D eigenvalue weighted by Crippen LogP contribution is 2.39. The van der Waals surface area contributed by atoms with Crippen LogP contribution in [-0.4, -0.2) is 34.6 Å². The molecule has 4 nitrogen and oxygen atoms in total. The van der Waals surface area contributed by atoms with Crippen LogP contribution >= 0.6 is 0 Å². The predicted octanol–water partition coefficient (Wildman–Crippen LogP) is 4.67. The summed E-state index contributed by atoms with van der Waals surface area (Å²) in [4.78, 5) is 11.2. The summed E-state index contributed by atoms with van der Waals surface area (Å²) < 4.78 is 68.6. The SMILES string of the molecule is CC(C)(C)[Si](C)(C)OCCc1ccc(S(=O)(=O)C(F)(F)F)c2c1CCC2=O. The van der Waals surface area contributed by atoms with Crippen LogP contribution in [-0.2, 0) is 27.1 Å². The molecule has 2 rings (SSSR count). The number of fused-ring (bicyclic) bond motifs is 1. The molecule has 27 heavy (non-hydrogen) atoms. The van der Waals surface area contributed by atoms with Crippen LogP contribution in [0.3, 0.4) is 0 Å². The van der Waals surface area contributed by atoms with Crippen molar-refractivity contribution in [1.82, 2.24) is 0 Å². The molecule has 0 saturated carbocycles. The molecule has 0 atom stereocenters. The summed E-state index contributed by atoms with van der Waals surface area (Å²) in [7, 11) is -7.53. The Bertz CT molecular complexity index is 853. The lowest BCUT2D eigenvalue weighted by Gasteiger charge is -2.36. The molecule has 152 valence electrons. The zero-order valence-electron chi connectivity index (χ0n) is 16.2. The second kappa shape index (κ2) is 7.00. The topological polar surface area (TPSA) is 60.4 Å². The molecule has 0 fully saturated rings. The number of ketones is 1. The van der Waals surface area contributed by atoms with Crippen LogP contribution in [0.4, 0.5) is 13.2 Å². The van der Waals surface area contributed by atoms with Crippen molar-refractivity contribution < 1.29 is 30.8 Å². The van der Waals surface area contributed by atoms with E-state index >= 15 is 0 Å². The van der Waals surface area contributed by atoms with E-state index in [0.717, 1.165) is 6.07 Å². The van der Waals surface area contributed by atoms with Gasteiger partial charge in [-0.05, 0) is 48.2 Å². The quantitative estimate of drug-likeness (QED) is 0.647. The fraction of sp³-hybridized carbons (Fsp3) is 0.611. The third-order valence-corrected chi connectivity index (χ3v) is 11.6. The Hall–Kier alpha value is -1.19. The van der Waals surface area contributed by atoms with Crippen LogP contribution in [0.25, 0.3) is 0 Å². The van der Waals surface area contributed by atoms with Gasteiger partial charge in [0.2, 0.25) is 0 Å². The van der Waals surface area contributed by atoms with Crippen LogP contribution in [0.1, 0.15) is 48.7 Å². The molecule has 0 heterocycles. The van der Waals surface area contributed by atoms with Crippen LogP contribution < -0.4 is 0 Å². The number of sulfone groups is 1. The first-order valence-electron chi connectivity index (χ1n) is 8.73. The van der Waals surface area contributed by atoms with Crippen molar-refractivity contribution in [2.45, 2.75) is 68.6 Å². The van der Waals surface area contributed by atoms with Gasteiger partial charge in [-0.15, -0.1) is 0 Å². The number of rotatable bonds is 5. The second-order valence-corrected chi connectivity index (χ2v) is 15.0. The van der Waals surface area contributed by atoms with E-state index in [2.05, 4.69) is 33.9 Å². The van der Waals surface area contributed by atoms with E-state index in [0.29, 0.717) is 24.2 Å². The van der Waals surface area contributed by atoms with Gasteiger partial charge < -0.3 is 4.43 Å². The van der Waals surface area contributed by atoms with Gasteiger partial charge >= 0.3 is 5.51 Å². The van der Waals surface area contributed by atoms with Gasteiger partial charge in [-0.25, -0.2) is 8.42 Å². The Morgan fingerprint density at radius 1 is 1.11 bits per heavy atom. The van der Waals surface area contributed by atoms with E-state index in [-0.39, 0.29) is 23.4 Å². The normalized spacial score (nSPS) is 15.9. The van der Waals surface area contributed by atoms with E-state index in [4.69, 9.17) is 4.43 Å². The average Bonchev–Trinajstić information content (AvgIpc) is 2.87. The number of alkyl halides is 3. The molecular weight excluding hydrogens is 397 g/mol. The largest absolute Gasteiger partial charge is 0.501 e. The molecule has 0 spiro atoms. The Labute approximate surface area is 159 Å². The van der Waals surface area contributed by atoms with Gasteiger partial charge in [0, 0.05) is 18.6 Å². The first kappa shape index (κ1) is 22.1. The molecule has 0 saturated heterocycles. The molecule has 0 radical (unpaired) electrons. The van der Waals surface area contributed by atoms with Gasteiger partial charge in [0.1, 0.15) is 0 Å². The zero-order chi connectivity index (χ0) is 20.8. The Balaban J connectivity index is 2.34. The predicted molar refractivity (Wildman–Crippen MR) is 99.2 cm³/mol. The summed E-state index contributed by atoms with van der Waals surface area (Å²) in [5.74, 6) is -0.556. The van der Waals surface area contributed by atoms with Crippen molar-refractivity contribution in [2.24, 2.45) is 0 Å². The summed E-state index contributed by atoms with van der Waals surface area (Å²) >= 11 is 0. The molecule has 0 amide bonds. The summed E-state index contributed by atoms with van der Waals surface area (Å²) in [6.45, 7) is 10.9. The average molecular weight is 423 g/mol. The second-order valence-electron chi connectivity index (χ2n) is 8.31. The van der Waals surface area contributed by atoms with Gasteiger partial charge in [0.05, 0.1) is 4.90 Å². The van der Waals surface area contributed by atoms with E-state index in [1.54, 1.807) is 0 Å². The first-order chi connectivity index (χ1) is 12.1. The monoisotopic (exact) mass is 422 g/mol. The smallest absolute Gasteiger partial charge is 0.416 e. The van der Waals surface area contributed by atoms with Gasteiger partial charge in [-0.1, -0.05) is 26.8 Å². The summed E-state index contributed by atoms with van der Waals surface area (Å²) in [6, 6.07) is 2.29. The van der Waals surface area contributed by atoms with Crippen molar-refractivity contribution in [3.05, 3.63) is 28.8 Å². The highest BCUT2D eigenvalue weighted by Gasteiger charge is 2.49. The number of benzene rings is 1. The highest BCUT2D eigenvalue weighted by atomic mass is 32.2. The fourth-order valence-corrected chi connectivity index (χ4v) is 4.89. The zero-order valence-corrected chi connectivity index (χ0v) is 18.0. The van der Waals surface area contributed by atoms with Gasteiger partial charge in [0.25, 0.3) is 9.84 Å². The van der Waals surface area contributed by atoms with Crippen LogP contribution in [0.2, 0.25) is 18.1 Å². The Kier molecular flexibility index (Phi) is 5.73. The molecule has 1 aliphatic carbocycles. The molecular formula is C18H25F3O4SSi. The highest BCUT2D eigenvalue weighted by molar-refractivity contribution is 7.92. The number of hydrogen-bond acceptors (Lipinski definition) is 4.